The second-order valence-electron chi connectivity index (χ2n) is 5.29. The highest BCUT2D eigenvalue weighted by atomic mass is 35.5. The van der Waals surface area contributed by atoms with Gasteiger partial charge in [0.2, 0.25) is 0 Å². The van der Waals surface area contributed by atoms with Gasteiger partial charge in [-0.05, 0) is 29.1 Å². The van der Waals surface area contributed by atoms with E-state index in [0.717, 1.165) is 16.3 Å². The van der Waals surface area contributed by atoms with Gasteiger partial charge < -0.3 is 5.32 Å². The molecular weight excluding hydrogens is 332 g/mol. The van der Waals surface area contributed by atoms with Crippen molar-refractivity contribution in [3.8, 4) is 0 Å². The van der Waals surface area contributed by atoms with Gasteiger partial charge in [-0.15, -0.1) is 0 Å². The zero-order valence-electron chi connectivity index (χ0n) is 12.5. The first-order chi connectivity index (χ1) is 10.9. The van der Waals surface area contributed by atoms with Crippen molar-refractivity contribution in [2.45, 2.75) is 11.4 Å². The summed E-state index contributed by atoms with van der Waals surface area (Å²) >= 11 is 6.20. The number of rotatable bonds is 4. The van der Waals surface area contributed by atoms with Crippen LogP contribution in [-0.4, -0.2) is 19.7 Å². The molecule has 3 aromatic rings. The van der Waals surface area contributed by atoms with E-state index >= 15 is 0 Å². The summed E-state index contributed by atoms with van der Waals surface area (Å²) in [5.41, 5.74) is 0.962. The molecule has 2 aromatic carbocycles. The minimum absolute atomic E-state index is 0.313. The molecule has 0 bridgehead atoms. The van der Waals surface area contributed by atoms with Gasteiger partial charge in [0, 0.05) is 18.2 Å². The van der Waals surface area contributed by atoms with Crippen LogP contribution in [0.5, 0.6) is 0 Å². The topological polar surface area (TPSA) is 59.1 Å². The van der Waals surface area contributed by atoms with E-state index in [-0.39, 0.29) is 0 Å². The van der Waals surface area contributed by atoms with Crippen LogP contribution in [0, 0.1) is 0 Å². The standard InChI is InChI=1S/C17H15ClN2O2S/c1-23(21,22)14-8-6-12(7-9-14)11-19-16-10-13-4-2-3-5-15(13)17(18)20-16/h2-10H,11H2,1H3,(H,19,20). The smallest absolute Gasteiger partial charge is 0.175 e. The summed E-state index contributed by atoms with van der Waals surface area (Å²) in [5, 5.41) is 5.59. The molecule has 4 nitrogen and oxygen atoms in total. The summed E-state index contributed by atoms with van der Waals surface area (Å²) in [5.74, 6) is 0.681. The second-order valence-corrected chi connectivity index (χ2v) is 7.66. The number of halogens is 1. The Morgan fingerprint density at radius 2 is 1.78 bits per heavy atom. The molecular formula is C17H15ClN2O2S. The Bertz CT molecular complexity index is 954. The number of pyridine rings is 1. The van der Waals surface area contributed by atoms with Crippen molar-refractivity contribution in [1.82, 2.24) is 4.98 Å². The van der Waals surface area contributed by atoms with Crippen LogP contribution in [0.3, 0.4) is 0 Å². The molecule has 0 spiro atoms. The fourth-order valence-corrected chi connectivity index (χ4v) is 3.19. The zero-order valence-corrected chi connectivity index (χ0v) is 14.0. The monoisotopic (exact) mass is 346 g/mol. The van der Waals surface area contributed by atoms with E-state index in [1.54, 1.807) is 24.3 Å². The van der Waals surface area contributed by atoms with Crippen molar-refractivity contribution in [3.05, 3.63) is 65.3 Å². The molecule has 0 saturated carbocycles. The zero-order chi connectivity index (χ0) is 16.4. The Kier molecular flexibility index (Phi) is 4.24. The predicted octanol–water partition coefficient (Wildman–Crippen LogP) is 3.90. The lowest BCUT2D eigenvalue weighted by atomic mass is 10.2. The van der Waals surface area contributed by atoms with E-state index in [9.17, 15) is 8.42 Å². The fraction of sp³-hybridized carbons (Fsp3) is 0.118. The van der Waals surface area contributed by atoms with Crippen molar-refractivity contribution in [1.29, 1.82) is 0 Å². The van der Waals surface area contributed by atoms with Crippen LogP contribution < -0.4 is 5.32 Å². The van der Waals surface area contributed by atoms with Crippen molar-refractivity contribution in [3.63, 3.8) is 0 Å². The molecule has 0 fully saturated rings. The molecule has 0 amide bonds. The molecule has 0 saturated heterocycles. The first-order valence-electron chi connectivity index (χ1n) is 7.02. The maximum Gasteiger partial charge on any atom is 0.175 e. The van der Waals surface area contributed by atoms with Crippen LogP contribution in [0.1, 0.15) is 5.56 Å². The molecule has 1 heterocycles. The van der Waals surface area contributed by atoms with Crippen molar-refractivity contribution in [2.75, 3.05) is 11.6 Å². The van der Waals surface area contributed by atoms with E-state index in [4.69, 9.17) is 11.6 Å². The third kappa shape index (κ3) is 3.63. The number of benzene rings is 2. The Morgan fingerprint density at radius 3 is 2.48 bits per heavy atom. The summed E-state index contributed by atoms with van der Waals surface area (Å²) in [7, 11) is -3.17. The van der Waals surface area contributed by atoms with Gasteiger partial charge in [-0.1, -0.05) is 48.0 Å². The lowest BCUT2D eigenvalue weighted by Crippen LogP contribution is -2.03. The number of sulfone groups is 1. The molecule has 0 aliphatic rings. The Balaban J connectivity index is 1.78. The first-order valence-corrected chi connectivity index (χ1v) is 9.28. The number of nitrogens with one attached hydrogen (secondary N) is 1. The number of anilines is 1. The van der Waals surface area contributed by atoms with Crippen molar-refractivity contribution < 1.29 is 8.42 Å². The predicted molar refractivity (Wildman–Crippen MR) is 93.6 cm³/mol. The number of hydrogen-bond donors (Lipinski definition) is 1. The summed E-state index contributed by atoms with van der Waals surface area (Å²) in [6.07, 6.45) is 1.20. The normalized spacial score (nSPS) is 11.6. The van der Waals surface area contributed by atoms with Crippen LogP contribution in [0.25, 0.3) is 10.8 Å². The molecule has 3 rings (SSSR count). The number of nitrogens with zero attached hydrogens (tertiary/aromatic N) is 1. The summed E-state index contributed by atoms with van der Waals surface area (Å²) in [4.78, 5) is 4.64. The lowest BCUT2D eigenvalue weighted by molar-refractivity contribution is 0.602. The van der Waals surface area contributed by atoms with Gasteiger partial charge in [-0.3, -0.25) is 0 Å². The van der Waals surface area contributed by atoms with Crippen molar-refractivity contribution >= 4 is 38.0 Å². The molecule has 0 aliphatic heterocycles. The van der Waals surface area contributed by atoms with E-state index in [1.165, 1.54) is 6.26 Å². The Labute approximate surface area is 140 Å². The van der Waals surface area contributed by atoms with Gasteiger partial charge >= 0.3 is 0 Å². The minimum atomic E-state index is -3.17. The fourth-order valence-electron chi connectivity index (χ4n) is 2.29. The minimum Gasteiger partial charge on any atom is -0.366 e. The molecule has 6 heteroatoms. The quantitative estimate of drug-likeness (QED) is 0.728. The molecule has 23 heavy (non-hydrogen) atoms. The Hall–Kier alpha value is -2.11. The molecule has 0 radical (unpaired) electrons. The maximum atomic E-state index is 11.4. The highest BCUT2D eigenvalue weighted by Crippen LogP contribution is 2.24. The summed E-state index contributed by atoms with van der Waals surface area (Å²) < 4.78 is 22.9. The van der Waals surface area contributed by atoms with Gasteiger partial charge in [-0.25, -0.2) is 13.4 Å². The highest BCUT2D eigenvalue weighted by molar-refractivity contribution is 7.90. The van der Waals surface area contributed by atoms with Crippen LogP contribution in [-0.2, 0) is 16.4 Å². The molecule has 0 unspecified atom stereocenters. The average molecular weight is 347 g/mol. The van der Waals surface area contributed by atoms with Crippen LogP contribution >= 0.6 is 11.6 Å². The Morgan fingerprint density at radius 1 is 1.09 bits per heavy atom. The number of aromatic nitrogens is 1. The highest BCUT2D eigenvalue weighted by Gasteiger charge is 2.07. The molecule has 0 aliphatic carbocycles. The van der Waals surface area contributed by atoms with Crippen LogP contribution in [0.15, 0.2) is 59.5 Å². The number of fused-ring (bicyclic) bond motifs is 1. The van der Waals surface area contributed by atoms with E-state index in [2.05, 4.69) is 10.3 Å². The second kappa shape index (κ2) is 6.18. The average Bonchev–Trinajstić information content (AvgIpc) is 2.52. The lowest BCUT2D eigenvalue weighted by Gasteiger charge is -2.09. The third-order valence-electron chi connectivity index (χ3n) is 3.52. The summed E-state index contributed by atoms with van der Waals surface area (Å²) in [6.45, 7) is 0.533. The van der Waals surface area contributed by atoms with Gasteiger partial charge in [-0.2, -0.15) is 0 Å². The van der Waals surface area contributed by atoms with E-state index in [0.29, 0.717) is 22.4 Å². The molecule has 0 atom stereocenters. The molecule has 118 valence electrons. The van der Waals surface area contributed by atoms with Gasteiger partial charge in [0.25, 0.3) is 0 Å². The van der Waals surface area contributed by atoms with Crippen LogP contribution in [0.2, 0.25) is 5.15 Å². The molecule has 1 aromatic heterocycles. The van der Waals surface area contributed by atoms with Gasteiger partial charge in [0.05, 0.1) is 4.90 Å². The summed E-state index contributed by atoms with van der Waals surface area (Å²) in [6, 6.07) is 16.5. The van der Waals surface area contributed by atoms with Crippen LogP contribution in [0.4, 0.5) is 5.82 Å². The van der Waals surface area contributed by atoms with Crippen molar-refractivity contribution in [2.24, 2.45) is 0 Å². The van der Waals surface area contributed by atoms with Gasteiger partial charge in [0.1, 0.15) is 11.0 Å². The van der Waals surface area contributed by atoms with E-state index < -0.39 is 9.84 Å². The number of hydrogen-bond acceptors (Lipinski definition) is 4. The van der Waals surface area contributed by atoms with Gasteiger partial charge in [0.15, 0.2) is 9.84 Å². The third-order valence-corrected chi connectivity index (χ3v) is 4.94. The largest absolute Gasteiger partial charge is 0.366 e. The van der Waals surface area contributed by atoms with E-state index in [1.807, 2.05) is 30.3 Å². The first kappa shape index (κ1) is 15.8. The maximum absolute atomic E-state index is 11.4. The SMILES string of the molecule is CS(=O)(=O)c1ccc(CNc2cc3ccccc3c(Cl)n2)cc1. The molecule has 1 N–H and O–H groups in total.